The Hall–Kier alpha value is -1.06. The van der Waals surface area contributed by atoms with E-state index in [0.29, 0.717) is 24.9 Å². The molecule has 0 aromatic heterocycles. The van der Waals surface area contributed by atoms with Crippen LogP contribution in [0.2, 0.25) is 5.02 Å². The second kappa shape index (κ2) is 7.45. The summed E-state index contributed by atoms with van der Waals surface area (Å²) in [5.74, 6) is 0.0753. The quantitative estimate of drug-likeness (QED) is 0.753. The molecule has 134 valence electrons. The minimum Gasteiger partial charge on any atom is -0.482 e. The minimum absolute atomic E-state index is 0. The number of nitrogens with zero attached hydrogens (tertiary/aromatic N) is 1. The van der Waals surface area contributed by atoms with E-state index >= 15 is 0 Å². The average molecular weight is 396 g/mol. The van der Waals surface area contributed by atoms with Crippen LogP contribution in [0.3, 0.4) is 0 Å². The van der Waals surface area contributed by atoms with Crippen molar-refractivity contribution < 1.29 is 17.9 Å². The topological polar surface area (TPSA) is 102 Å². The predicted molar refractivity (Wildman–Crippen MR) is 92.0 cm³/mol. The highest BCUT2D eigenvalue weighted by Crippen LogP contribution is 2.35. The first kappa shape index (κ1) is 19.3. The van der Waals surface area contributed by atoms with Gasteiger partial charge in [-0.1, -0.05) is 11.6 Å². The Morgan fingerprint density at radius 1 is 1.33 bits per heavy atom. The molecule has 2 atom stereocenters. The monoisotopic (exact) mass is 395 g/mol. The van der Waals surface area contributed by atoms with Crippen molar-refractivity contribution in [3.05, 3.63) is 23.2 Å². The maximum Gasteiger partial charge on any atom is 0.255 e. The molecular weight excluding hydrogens is 377 g/mol. The van der Waals surface area contributed by atoms with Gasteiger partial charge in [0.25, 0.3) is 5.91 Å². The number of amides is 1. The lowest BCUT2D eigenvalue weighted by Gasteiger charge is -2.19. The predicted octanol–water partition coefficient (Wildman–Crippen LogP) is 0.466. The molecule has 0 aliphatic carbocycles. The molecule has 1 amide bonds. The van der Waals surface area contributed by atoms with E-state index in [4.69, 9.17) is 22.1 Å². The molecule has 1 aromatic rings. The summed E-state index contributed by atoms with van der Waals surface area (Å²) in [5, 5.41) is 3.56. The fourth-order valence-corrected chi connectivity index (χ4v) is 5.05. The highest BCUT2D eigenvalue weighted by molar-refractivity contribution is 7.89. The van der Waals surface area contributed by atoms with E-state index in [2.05, 4.69) is 5.32 Å². The average Bonchev–Trinajstić information content (AvgIpc) is 3.07. The van der Waals surface area contributed by atoms with Gasteiger partial charge in [-0.25, -0.2) is 8.42 Å². The van der Waals surface area contributed by atoms with Crippen LogP contribution in [0.4, 0.5) is 0 Å². The van der Waals surface area contributed by atoms with Crippen LogP contribution in [0.1, 0.15) is 0 Å². The lowest BCUT2D eigenvalue weighted by Crippen LogP contribution is -2.32. The van der Waals surface area contributed by atoms with Crippen molar-refractivity contribution in [3.63, 3.8) is 0 Å². The number of carbonyl (C=O) groups is 1. The lowest BCUT2D eigenvalue weighted by atomic mass is 10.0. The molecule has 2 aliphatic heterocycles. The summed E-state index contributed by atoms with van der Waals surface area (Å²) in [6, 6.07) is 4.30. The van der Waals surface area contributed by atoms with Gasteiger partial charge in [-0.3, -0.25) is 4.79 Å². The Balaban J connectivity index is 0.00000208. The van der Waals surface area contributed by atoms with Crippen LogP contribution in [0.15, 0.2) is 23.1 Å². The van der Waals surface area contributed by atoms with Crippen molar-refractivity contribution in [2.45, 2.75) is 4.90 Å². The zero-order valence-electron chi connectivity index (χ0n) is 12.8. The lowest BCUT2D eigenvalue weighted by molar-refractivity contribution is -0.120. The molecule has 3 N–H and O–H groups in total. The van der Waals surface area contributed by atoms with Gasteiger partial charge in [-0.2, -0.15) is 4.31 Å². The molecule has 2 fully saturated rings. The van der Waals surface area contributed by atoms with Gasteiger partial charge >= 0.3 is 0 Å². The number of benzene rings is 1. The van der Waals surface area contributed by atoms with Gasteiger partial charge in [0.15, 0.2) is 6.61 Å². The van der Waals surface area contributed by atoms with Crippen molar-refractivity contribution in [1.82, 2.24) is 9.62 Å². The number of hydrogen-bond acceptors (Lipinski definition) is 5. The summed E-state index contributed by atoms with van der Waals surface area (Å²) in [7, 11) is -3.74. The Bertz CT molecular complexity index is 717. The molecule has 0 bridgehead atoms. The molecule has 2 saturated heterocycles. The Morgan fingerprint density at radius 2 is 1.96 bits per heavy atom. The van der Waals surface area contributed by atoms with Crippen LogP contribution >= 0.6 is 24.0 Å². The zero-order valence-corrected chi connectivity index (χ0v) is 15.2. The van der Waals surface area contributed by atoms with Gasteiger partial charge < -0.3 is 15.8 Å². The van der Waals surface area contributed by atoms with E-state index in [-0.39, 0.29) is 34.7 Å². The van der Waals surface area contributed by atoms with Gasteiger partial charge in [0.05, 0.1) is 0 Å². The molecule has 0 saturated carbocycles. The number of nitrogens with two attached hydrogens (primary N) is 1. The van der Waals surface area contributed by atoms with Crippen molar-refractivity contribution in [2.24, 2.45) is 17.6 Å². The number of rotatable bonds is 5. The molecule has 7 nitrogen and oxygen atoms in total. The number of halogens is 2. The summed E-state index contributed by atoms with van der Waals surface area (Å²) in [5.41, 5.74) is 5.06. The molecule has 0 unspecified atom stereocenters. The van der Waals surface area contributed by atoms with E-state index in [1.165, 1.54) is 22.5 Å². The standard InChI is InChI=1S/C14H18ClN3O4S.ClH/c15-11-1-2-12(22-8-14(16)19)13(3-11)23(20,21)18-6-9-4-17-5-10(9)7-18;/h1-3,9-10,17H,4-8H2,(H2,16,19);1H/t9-,10+;. The Labute approximate surface area is 151 Å². The fraction of sp³-hybridized carbons (Fsp3) is 0.500. The Morgan fingerprint density at radius 3 is 2.54 bits per heavy atom. The molecule has 0 spiro atoms. The second-order valence-corrected chi connectivity index (χ2v) is 8.19. The number of nitrogens with one attached hydrogen (secondary N) is 1. The van der Waals surface area contributed by atoms with E-state index in [0.717, 1.165) is 13.1 Å². The third-order valence-electron chi connectivity index (χ3n) is 4.25. The zero-order chi connectivity index (χ0) is 16.6. The maximum absolute atomic E-state index is 12.9. The minimum atomic E-state index is -3.74. The summed E-state index contributed by atoms with van der Waals surface area (Å²) >= 11 is 5.95. The largest absolute Gasteiger partial charge is 0.482 e. The number of sulfonamides is 1. The van der Waals surface area contributed by atoms with E-state index in [1.54, 1.807) is 0 Å². The van der Waals surface area contributed by atoms with E-state index < -0.39 is 15.9 Å². The van der Waals surface area contributed by atoms with Crippen LogP contribution in [-0.2, 0) is 14.8 Å². The normalized spacial score (nSPS) is 23.5. The second-order valence-electron chi connectivity index (χ2n) is 5.85. The third kappa shape index (κ3) is 3.78. The molecule has 10 heteroatoms. The van der Waals surface area contributed by atoms with E-state index in [1.807, 2.05) is 0 Å². The molecular formula is C14H19Cl2N3O4S. The van der Waals surface area contributed by atoms with E-state index in [9.17, 15) is 13.2 Å². The molecule has 2 heterocycles. The molecule has 2 aliphatic rings. The van der Waals surface area contributed by atoms with Gasteiger partial charge in [0, 0.05) is 18.1 Å². The molecule has 24 heavy (non-hydrogen) atoms. The Kier molecular flexibility index (Phi) is 5.98. The molecule has 3 rings (SSSR count). The number of primary amides is 1. The van der Waals surface area contributed by atoms with Crippen molar-refractivity contribution in [2.75, 3.05) is 32.8 Å². The first-order valence-electron chi connectivity index (χ1n) is 7.29. The highest BCUT2D eigenvalue weighted by atomic mass is 35.5. The summed E-state index contributed by atoms with van der Waals surface area (Å²) in [6.07, 6.45) is 0. The van der Waals surface area contributed by atoms with Crippen molar-refractivity contribution in [1.29, 1.82) is 0 Å². The number of carbonyl (C=O) groups excluding carboxylic acids is 1. The van der Waals surface area contributed by atoms with Gasteiger partial charge in [-0.15, -0.1) is 12.4 Å². The van der Waals surface area contributed by atoms with Crippen LogP contribution in [-0.4, -0.2) is 51.4 Å². The van der Waals surface area contributed by atoms with Gasteiger partial charge in [-0.05, 0) is 43.1 Å². The van der Waals surface area contributed by atoms with Gasteiger partial charge in [0.1, 0.15) is 10.6 Å². The SMILES string of the molecule is Cl.NC(=O)COc1ccc(Cl)cc1S(=O)(=O)N1C[C@H]2CNC[C@H]2C1. The third-order valence-corrected chi connectivity index (χ3v) is 6.34. The fourth-order valence-electron chi connectivity index (χ4n) is 3.10. The smallest absolute Gasteiger partial charge is 0.255 e. The van der Waals surface area contributed by atoms with Crippen LogP contribution < -0.4 is 15.8 Å². The number of ether oxygens (including phenoxy) is 1. The summed E-state index contributed by atoms with van der Waals surface area (Å²) < 4.78 is 32.6. The highest BCUT2D eigenvalue weighted by Gasteiger charge is 2.42. The van der Waals surface area contributed by atoms with Crippen LogP contribution in [0.5, 0.6) is 5.75 Å². The van der Waals surface area contributed by atoms with Crippen LogP contribution in [0, 0.1) is 11.8 Å². The summed E-state index contributed by atoms with van der Waals surface area (Å²) in [4.78, 5) is 10.9. The molecule has 0 radical (unpaired) electrons. The first-order chi connectivity index (χ1) is 10.9. The summed E-state index contributed by atoms with van der Waals surface area (Å²) in [6.45, 7) is 2.22. The number of hydrogen-bond donors (Lipinski definition) is 2. The molecule has 1 aromatic carbocycles. The van der Waals surface area contributed by atoms with Crippen molar-refractivity contribution >= 4 is 39.9 Å². The van der Waals surface area contributed by atoms with Gasteiger partial charge in [0.2, 0.25) is 10.0 Å². The van der Waals surface area contributed by atoms with Crippen molar-refractivity contribution in [3.8, 4) is 5.75 Å². The number of fused-ring (bicyclic) bond motifs is 1. The maximum atomic E-state index is 12.9. The van der Waals surface area contributed by atoms with Crippen LogP contribution in [0.25, 0.3) is 0 Å². The first-order valence-corrected chi connectivity index (χ1v) is 9.11.